The van der Waals surface area contributed by atoms with Crippen LogP contribution in [-0.2, 0) is 9.59 Å². The van der Waals surface area contributed by atoms with Crippen molar-refractivity contribution in [2.75, 3.05) is 5.32 Å². The Kier molecular flexibility index (Phi) is 4.42. The van der Waals surface area contributed by atoms with E-state index in [1.54, 1.807) is 6.07 Å². The summed E-state index contributed by atoms with van der Waals surface area (Å²) >= 11 is 0. The van der Waals surface area contributed by atoms with Crippen molar-refractivity contribution >= 4 is 23.5 Å². The summed E-state index contributed by atoms with van der Waals surface area (Å²) in [5, 5.41) is 13.8. The van der Waals surface area contributed by atoms with E-state index in [9.17, 15) is 14.4 Å². The molecule has 1 atom stereocenters. The van der Waals surface area contributed by atoms with Crippen LogP contribution in [-0.4, -0.2) is 28.9 Å². The van der Waals surface area contributed by atoms with E-state index < -0.39 is 17.9 Å². The number of rotatable bonds is 4. The summed E-state index contributed by atoms with van der Waals surface area (Å²) in [6.07, 6.45) is 0. The van der Waals surface area contributed by atoms with Crippen molar-refractivity contribution in [1.82, 2.24) is 5.32 Å². The minimum Gasteiger partial charge on any atom is -0.478 e. The number of carboxylic acids is 1. The molecule has 0 bridgehead atoms. The van der Waals surface area contributed by atoms with Crippen LogP contribution in [0, 0.1) is 0 Å². The Balaban J connectivity index is 2.72. The number of amides is 2. The molecule has 0 saturated heterocycles. The maximum absolute atomic E-state index is 11.7. The van der Waals surface area contributed by atoms with Gasteiger partial charge >= 0.3 is 5.97 Å². The first-order valence-corrected chi connectivity index (χ1v) is 5.31. The molecule has 0 aliphatic heterocycles. The van der Waals surface area contributed by atoms with Gasteiger partial charge in [-0.2, -0.15) is 0 Å². The summed E-state index contributed by atoms with van der Waals surface area (Å²) in [5.74, 6) is -1.79. The third kappa shape index (κ3) is 3.89. The Bertz CT molecular complexity index is 485. The van der Waals surface area contributed by atoms with E-state index >= 15 is 0 Å². The molecule has 96 valence electrons. The molecule has 0 spiro atoms. The zero-order valence-electron chi connectivity index (χ0n) is 10.1. The summed E-state index contributed by atoms with van der Waals surface area (Å²) in [6, 6.07) is 5.19. The molecular weight excluding hydrogens is 236 g/mol. The highest BCUT2D eigenvalue weighted by atomic mass is 16.4. The number of anilines is 1. The van der Waals surface area contributed by atoms with Gasteiger partial charge in [-0.1, -0.05) is 6.07 Å². The second-order valence-corrected chi connectivity index (χ2v) is 3.80. The summed E-state index contributed by atoms with van der Waals surface area (Å²) in [5.41, 5.74) is 0.456. The second-order valence-electron chi connectivity index (χ2n) is 3.80. The molecule has 0 heterocycles. The maximum Gasteiger partial charge on any atom is 0.335 e. The van der Waals surface area contributed by atoms with Gasteiger partial charge in [0, 0.05) is 12.6 Å². The van der Waals surface area contributed by atoms with Gasteiger partial charge in [0.05, 0.1) is 5.56 Å². The first-order chi connectivity index (χ1) is 8.40. The zero-order chi connectivity index (χ0) is 13.7. The Morgan fingerprint density at radius 2 is 1.94 bits per heavy atom. The molecular formula is C12H14N2O4. The number of nitrogens with one attached hydrogen (secondary N) is 2. The fourth-order valence-electron chi connectivity index (χ4n) is 1.35. The van der Waals surface area contributed by atoms with Crippen LogP contribution in [0.5, 0.6) is 0 Å². The molecule has 3 N–H and O–H groups in total. The third-order valence-corrected chi connectivity index (χ3v) is 2.19. The summed E-state index contributed by atoms with van der Waals surface area (Å²) < 4.78 is 0. The molecule has 6 heteroatoms. The van der Waals surface area contributed by atoms with Gasteiger partial charge in [0.2, 0.25) is 11.8 Å². The predicted octanol–water partition coefficient (Wildman–Crippen LogP) is 0.848. The van der Waals surface area contributed by atoms with Crippen molar-refractivity contribution in [3.63, 3.8) is 0 Å². The number of hydrogen-bond donors (Lipinski definition) is 3. The highest BCUT2D eigenvalue weighted by Gasteiger charge is 2.14. The molecule has 1 unspecified atom stereocenters. The standard InChI is InChI=1S/C12H14N2O4/c1-7(13-8(2)15)11(16)14-10-5-3-4-9(6-10)12(17)18/h3-7H,1-2H3,(H,13,15)(H,14,16)(H,17,18). The third-order valence-electron chi connectivity index (χ3n) is 2.19. The SMILES string of the molecule is CC(=O)NC(C)C(=O)Nc1cccc(C(=O)O)c1. The predicted molar refractivity (Wildman–Crippen MR) is 65.3 cm³/mol. The molecule has 0 aliphatic rings. The lowest BCUT2D eigenvalue weighted by molar-refractivity contribution is -0.124. The molecule has 0 saturated carbocycles. The van der Waals surface area contributed by atoms with Crippen LogP contribution in [0.1, 0.15) is 24.2 Å². The molecule has 0 radical (unpaired) electrons. The Hall–Kier alpha value is -2.37. The molecule has 1 aromatic rings. The molecule has 2 amide bonds. The number of carbonyl (C=O) groups is 3. The molecule has 1 rings (SSSR count). The van der Waals surface area contributed by atoms with Crippen LogP contribution in [0.25, 0.3) is 0 Å². The second kappa shape index (κ2) is 5.81. The smallest absolute Gasteiger partial charge is 0.335 e. The minimum atomic E-state index is -1.07. The quantitative estimate of drug-likeness (QED) is 0.738. The van der Waals surface area contributed by atoms with Crippen LogP contribution >= 0.6 is 0 Å². The van der Waals surface area contributed by atoms with Gasteiger partial charge in [0.1, 0.15) is 6.04 Å². The van der Waals surface area contributed by atoms with Crippen molar-refractivity contribution in [1.29, 1.82) is 0 Å². The average molecular weight is 250 g/mol. The van der Waals surface area contributed by atoms with Crippen molar-refractivity contribution in [3.05, 3.63) is 29.8 Å². The Morgan fingerprint density at radius 3 is 2.50 bits per heavy atom. The van der Waals surface area contributed by atoms with Gasteiger partial charge in [-0.15, -0.1) is 0 Å². The molecule has 1 aromatic carbocycles. The van der Waals surface area contributed by atoms with E-state index in [1.807, 2.05) is 0 Å². The van der Waals surface area contributed by atoms with Gasteiger partial charge in [0.15, 0.2) is 0 Å². The van der Waals surface area contributed by atoms with Gasteiger partial charge in [-0.05, 0) is 25.1 Å². The number of benzene rings is 1. The lowest BCUT2D eigenvalue weighted by Crippen LogP contribution is -2.40. The molecule has 18 heavy (non-hydrogen) atoms. The molecule has 0 aliphatic carbocycles. The topological polar surface area (TPSA) is 95.5 Å². The summed E-state index contributed by atoms with van der Waals surface area (Å²) in [4.78, 5) is 33.2. The summed E-state index contributed by atoms with van der Waals surface area (Å²) in [7, 11) is 0. The van der Waals surface area contributed by atoms with Gasteiger partial charge in [-0.25, -0.2) is 4.79 Å². The van der Waals surface area contributed by atoms with Crippen LogP contribution in [0.3, 0.4) is 0 Å². The first-order valence-electron chi connectivity index (χ1n) is 5.31. The highest BCUT2D eigenvalue weighted by molar-refractivity contribution is 5.97. The van der Waals surface area contributed by atoms with E-state index in [0.717, 1.165) is 0 Å². The van der Waals surface area contributed by atoms with Gasteiger partial charge < -0.3 is 15.7 Å². The monoisotopic (exact) mass is 250 g/mol. The van der Waals surface area contributed by atoms with Crippen LogP contribution in [0.2, 0.25) is 0 Å². The van der Waals surface area contributed by atoms with Crippen molar-refractivity contribution in [2.24, 2.45) is 0 Å². The van der Waals surface area contributed by atoms with Crippen LogP contribution in [0.4, 0.5) is 5.69 Å². The van der Waals surface area contributed by atoms with Crippen LogP contribution < -0.4 is 10.6 Å². The molecule has 0 fully saturated rings. The molecule has 6 nitrogen and oxygen atoms in total. The maximum atomic E-state index is 11.7. The van der Waals surface area contributed by atoms with Crippen molar-refractivity contribution in [3.8, 4) is 0 Å². The van der Waals surface area contributed by atoms with E-state index in [0.29, 0.717) is 5.69 Å². The minimum absolute atomic E-state index is 0.0833. The van der Waals surface area contributed by atoms with Gasteiger partial charge in [-0.3, -0.25) is 9.59 Å². The molecule has 0 aromatic heterocycles. The fraction of sp³-hybridized carbons (Fsp3) is 0.250. The van der Waals surface area contributed by atoms with E-state index in [4.69, 9.17) is 5.11 Å². The van der Waals surface area contributed by atoms with Crippen LogP contribution in [0.15, 0.2) is 24.3 Å². The van der Waals surface area contributed by atoms with E-state index in [-0.39, 0.29) is 11.5 Å². The lowest BCUT2D eigenvalue weighted by atomic mass is 10.2. The first kappa shape index (κ1) is 13.7. The Morgan fingerprint density at radius 1 is 1.28 bits per heavy atom. The lowest BCUT2D eigenvalue weighted by Gasteiger charge is -2.12. The van der Waals surface area contributed by atoms with Crippen molar-refractivity contribution in [2.45, 2.75) is 19.9 Å². The largest absolute Gasteiger partial charge is 0.478 e. The van der Waals surface area contributed by atoms with Crippen molar-refractivity contribution < 1.29 is 19.5 Å². The number of carboxylic acid groups (broad SMARTS) is 1. The van der Waals surface area contributed by atoms with Gasteiger partial charge in [0.25, 0.3) is 0 Å². The zero-order valence-corrected chi connectivity index (χ0v) is 10.1. The summed E-state index contributed by atoms with van der Waals surface area (Å²) in [6.45, 7) is 2.85. The number of hydrogen-bond acceptors (Lipinski definition) is 3. The average Bonchev–Trinajstić information content (AvgIpc) is 2.28. The number of aromatic carboxylic acids is 1. The number of carbonyl (C=O) groups excluding carboxylic acids is 2. The van der Waals surface area contributed by atoms with E-state index in [2.05, 4.69) is 10.6 Å². The Labute approximate surface area is 104 Å². The fourth-order valence-corrected chi connectivity index (χ4v) is 1.35. The van der Waals surface area contributed by atoms with E-state index in [1.165, 1.54) is 32.0 Å². The normalized spacial score (nSPS) is 11.4. The highest BCUT2D eigenvalue weighted by Crippen LogP contribution is 2.10.